The topological polar surface area (TPSA) is 64.2 Å². The van der Waals surface area contributed by atoms with Gasteiger partial charge in [-0.05, 0) is 35.0 Å². The van der Waals surface area contributed by atoms with Crippen LogP contribution >= 0.6 is 0 Å². The fourth-order valence-electron chi connectivity index (χ4n) is 3.04. The quantitative estimate of drug-likeness (QED) is 0.572. The van der Waals surface area contributed by atoms with Gasteiger partial charge in [0.05, 0.1) is 36.4 Å². The lowest BCUT2D eigenvalue weighted by molar-refractivity contribution is 0.0601. The van der Waals surface area contributed by atoms with Crippen LogP contribution in [0.1, 0.15) is 10.4 Å². The Labute approximate surface area is 144 Å². The van der Waals surface area contributed by atoms with Crippen molar-refractivity contribution in [1.82, 2.24) is 9.97 Å². The first-order valence-electron chi connectivity index (χ1n) is 7.85. The van der Waals surface area contributed by atoms with E-state index in [1.807, 2.05) is 30.3 Å². The van der Waals surface area contributed by atoms with E-state index < -0.39 is 0 Å². The fraction of sp³-hybridized carbons (Fsp3) is 0.100. The molecule has 0 saturated heterocycles. The number of fused-ring (bicyclic) bond motifs is 2. The fourth-order valence-corrected chi connectivity index (χ4v) is 3.04. The molecule has 5 nitrogen and oxygen atoms in total. The Morgan fingerprint density at radius 2 is 1.88 bits per heavy atom. The monoisotopic (exact) mass is 332 g/mol. The van der Waals surface area contributed by atoms with Gasteiger partial charge in [-0.2, -0.15) is 0 Å². The Morgan fingerprint density at radius 3 is 2.68 bits per heavy atom. The number of nitrogens with zero attached hydrogens (tertiary/aromatic N) is 1. The van der Waals surface area contributed by atoms with Crippen molar-refractivity contribution < 1.29 is 14.3 Å². The molecule has 124 valence electrons. The summed E-state index contributed by atoms with van der Waals surface area (Å²) in [6, 6.07) is 17.3. The van der Waals surface area contributed by atoms with Gasteiger partial charge in [0, 0.05) is 0 Å². The summed E-state index contributed by atoms with van der Waals surface area (Å²) in [6.45, 7) is 0. The first-order chi connectivity index (χ1) is 12.2. The zero-order valence-corrected chi connectivity index (χ0v) is 13.9. The molecule has 0 aliphatic heterocycles. The molecule has 0 amide bonds. The highest BCUT2D eigenvalue weighted by Crippen LogP contribution is 2.36. The zero-order valence-electron chi connectivity index (χ0n) is 13.9. The van der Waals surface area contributed by atoms with E-state index in [0.717, 1.165) is 33.1 Å². The van der Waals surface area contributed by atoms with Crippen LogP contribution in [0.4, 0.5) is 0 Å². The number of hydrogen-bond acceptors (Lipinski definition) is 4. The van der Waals surface area contributed by atoms with Crippen molar-refractivity contribution >= 4 is 27.8 Å². The molecule has 5 heteroatoms. The van der Waals surface area contributed by atoms with E-state index in [4.69, 9.17) is 9.47 Å². The Bertz CT molecular complexity index is 1100. The molecule has 1 N–H and O–H groups in total. The molecule has 0 radical (unpaired) electrons. The molecule has 0 atom stereocenters. The van der Waals surface area contributed by atoms with Crippen LogP contribution in [-0.2, 0) is 4.74 Å². The van der Waals surface area contributed by atoms with Gasteiger partial charge in [-0.15, -0.1) is 0 Å². The molecule has 4 rings (SSSR count). The van der Waals surface area contributed by atoms with Crippen LogP contribution in [0.15, 0.2) is 54.6 Å². The van der Waals surface area contributed by atoms with Crippen molar-refractivity contribution in [3.63, 3.8) is 0 Å². The maximum absolute atomic E-state index is 11.7. The Morgan fingerprint density at radius 1 is 1.04 bits per heavy atom. The Kier molecular flexibility index (Phi) is 3.61. The number of methoxy groups -OCH3 is 2. The number of aromatic nitrogens is 2. The summed E-state index contributed by atoms with van der Waals surface area (Å²) in [5, 5.41) is 2.16. The van der Waals surface area contributed by atoms with E-state index in [9.17, 15) is 4.79 Å². The average Bonchev–Trinajstić information content (AvgIpc) is 3.09. The van der Waals surface area contributed by atoms with Crippen LogP contribution in [0.25, 0.3) is 33.2 Å². The molecule has 1 aromatic heterocycles. The van der Waals surface area contributed by atoms with Crippen LogP contribution in [0.3, 0.4) is 0 Å². The van der Waals surface area contributed by atoms with E-state index in [0.29, 0.717) is 11.4 Å². The standard InChI is InChI=1S/C20H16N2O3/c1-24-17-10-8-12-5-3-4-6-14(12)18(17)19-21-15-9-7-13(20(23)25-2)11-16(15)22-19/h3-11H,1-2H3,(H,21,22). The largest absolute Gasteiger partial charge is 0.496 e. The molecule has 0 bridgehead atoms. The van der Waals surface area contributed by atoms with E-state index >= 15 is 0 Å². The number of aromatic amines is 1. The smallest absolute Gasteiger partial charge is 0.337 e. The van der Waals surface area contributed by atoms with Gasteiger partial charge in [0.15, 0.2) is 0 Å². The van der Waals surface area contributed by atoms with Crippen molar-refractivity contribution in [3.8, 4) is 17.1 Å². The number of carbonyl (C=O) groups excluding carboxylic acids is 1. The van der Waals surface area contributed by atoms with E-state index in [1.54, 1.807) is 25.3 Å². The van der Waals surface area contributed by atoms with Gasteiger partial charge < -0.3 is 14.5 Å². The van der Waals surface area contributed by atoms with Crippen molar-refractivity contribution in [2.75, 3.05) is 14.2 Å². The minimum Gasteiger partial charge on any atom is -0.496 e. The number of hydrogen-bond donors (Lipinski definition) is 1. The maximum atomic E-state index is 11.7. The van der Waals surface area contributed by atoms with Crippen molar-refractivity contribution in [2.45, 2.75) is 0 Å². The van der Waals surface area contributed by atoms with Crippen molar-refractivity contribution in [2.24, 2.45) is 0 Å². The second-order valence-electron chi connectivity index (χ2n) is 5.67. The molecule has 0 aliphatic rings. The number of rotatable bonds is 3. The van der Waals surface area contributed by atoms with Crippen molar-refractivity contribution in [3.05, 3.63) is 60.2 Å². The minimum atomic E-state index is -0.374. The highest BCUT2D eigenvalue weighted by molar-refractivity contribution is 6.00. The van der Waals surface area contributed by atoms with Gasteiger partial charge in [0.2, 0.25) is 0 Å². The second-order valence-corrected chi connectivity index (χ2v) is 5.67. The molecule has 25 heavy (non-hydrogen) atoms. The number of ether oxygens (including phenoxy) is 2. The summed E-state index contributed by atoms with van der Waals surface area (Å²) in [4.78, 5) is 19.7. The first-order valence-corrected chi connectivity index (χ1v) is 7.85. The van der Waals surface area contributed by atoms with Crippen LogP contribution < -0.4 is 4.74 Å². The van der Waals surface area contributed by atoms with Gasteiger partial charge in [0.25, 0.3) is 0 Å². The number of benzene rings is 3. The molecule has 0 fully saturated rings. The van der Waals surface area contributed by atoms with Crippen LogP contribution in [0.5, 0.6) is 5.75 Å². The summed E-state index contributed by atoms with van der Waals surface area (Å²) in [7, 11) is 3.01. The molecule has 0 spiro atoms. The Hall–Kier alpha value is -3.34. The highest BCUT2D eigenvalue weighted by Gasteiger charge is 2.15. The lowest BCUT2D eigenvalue weighted by Crippen LogP contribution is -2.00. The van der Waals surface area contributed by atoms with E-state index in [-0.39, 0.29) is 5.97 Å². The summed E-state index contributed by atoms with van der Waals surface area (Å²) in [6.07, 6.45) is 0. The maximum Gasteiger partial charge on any atom is 0.337 e. The molecule has 1 heterocycles. The number of imidazole rings is 1. The summed E-state index contributed by atoms with van der Waals surface area (Å²) in [5.41, 5.74) is 2.93. The molecular formula is C20H16N2O3. The molecular weight excluding hydrogens is 316 g/mol. The summed E-state index contributed by atoms with van der Waals surface area (Å²) >= 11 is 0. The number of H-pyrrole nitrogens is 1. The lowest BCUT2D eigenvalue weighted by Gasteiger charge is -2.09. The van der Waals surface area contributed by atoms with Gasteiger partial charge in [0.1, 0.15) is 11.6 Å². The van der Waals surface area contributed by atoms with Crippen LogP contribution in [-0.4, -0.2) is 30.2 Å². The third-order valence-electron chi connectivity index (χ3n) is 4.25. The third-order valence-corrected chi connectivity index (χ3v) is 4.25. The number of nitrogens with one attached hydrogen (secondary N) is 1. The third kappa shape index (κ3) is 2.50. The lowest BCUT2D eigenvalue weighted by atomic mass is 10.0. The average molecular weight is 332 g/mol. The van der Waals surface area contributed by atoms with Gasteiger partial charge in [-0.25, -0.2) is 9.78 Å². The van der Waals surface area contributed by atoms with E-state index in [2.05, 4.69) is 16.0 Å². The highest BCUT2D eigenvalue weighted by atomic mass is 16.5. The SMILES string of the molecule is COC(=O)c1ccc2nc(-c3c(OC)ccc4ccccc34)[nH]c2c1. The predicted octanol–water partition coefficient (Wildman–Crippen LogP) is 4.18. The molecule has 0 saturated carbocycles. The van der Waals surface area contributed by atoms with Gasteiger partial charge >= 0.3 is 5.97 Å². The van der Waals surface area contributed by atoms with Gasteiger partial charge in [-0.1, -0.05) is 30.3 Å². The molecule has 3 aromatic carbocycles. The van der Waals surface area contributed by atoms with Gasteiger partial charge in [-0.3, -0.25) is 0 Å². The summed E-state index contributed by atoms with van der Waals surface area (Å²) < 4.78 is 10.3. The summed E-state index contributed by atoms with van der Waals surface area (Å²) in [5.74, 6) is 1.07. The Balaban J connectivity index is 1.95. The minimum absolute atomic E-state index is 0.374. The van der Waals surface area contributed by atoms with Crippen LogP contribution in [0.2, 0.25) is 0 Å². The van der Waals surface area contributed by atoms with Crippen LogP contribution in [0, 0.1) is 0 Å². The molecule has 0 aliphatic carbocycles. The predicted molar refractivity (Wildman–Crippen MR) is 96.9 cm³/mol. The molecule has 4 aromatic rings. The number of esters is 1. The van der Waals surface area contributed by atoms with Crippen molar-refractivity contribution in [1.29, 1.82) is 0 Å². The molecule has 0 unspecified atom stereocenters. The first kappa shape index (κ1) is 15.2. The number of carbonyl (C=O) groups is 1. The van der Waals surface area contributed by atoms with E-state index in [1.165, 1.54) is 7.11 Å². The zero-order chi connectivity index (χ0) is 17.4. The normalized spacial score (nSPS) is 11.0. The second kappa shape index (κ2) is 5.94.